The second kappa shape index (κ2) is 5.83. The van der Waals surface area contributed by atoms with E-state index in [2.05, 4.69) is 15.3 Å². The summed E-state index contributed by atoms with van der Waals surface area (Å²) in [6, 6.07) is 0. The molecule has 0 bridgehead atoms. The van der Waals surface area contributed by atoms with E-state index in [1.54, 1.807) is 27.7 Å². The topological polar surface area (TPSA) is 104 Å². The average Bonchev–Trinajstić information content (AvgIpc) is 2.20. The fourth-order valence-electron chi connectivity index (χ4n) is 1.48. The van der Waals surface area contributed by atoms with Gasteiger partial charge in [0.15, 0.2) is 0 Å². The maximum Gasteiger partial charge on any atom is 0.414 e. The molecular formula is C12H19N3O4. The highest BCUT2D eigenvalue weighted by atomic mass is 16.6. The lowest BCUT2D eigenvalue weighted by atomic mass is 10.2. The number of rotatable bonds is 3. The van der Waals surface area contributed by atoms with Crippen LogP contribution in [0, 0.1) is 6.92 Å². The first kappa shape index (κ1) is 15.2. The van der Waals surface area contributed by atoms with E-state index < -0.39 is 11.7 Å². The van der Waals surface area contributed by atoms with Gasteiger partial charge in [0.25, 0.3) is 5.56 Å². The lowest BCUT2D eigenvalue weighted by Crippen LogP contribution is -2.29. The number of anilines is 1. The van der Waals surface area contributed by atoms with Crippen LogP contribution in [0.4, 0.5) is 10.7 Å². The monoisotopic (exact) mass is 269 g/mol. The molecule has 7 nitrogen and oxygen atoms in total. The first-order valence-electron chi connectivity index (χ1n) is 5.93. The highest BCUT2D eigenvalue weighted by Crippen LogP contribution is 2.09. The third kappa shape index (κ3) is 4.70. The molecule has 0 aliphatic heterocycles. The molecule has 0 unspecified atom stereocenters. The van der Waals surface area contributed by atoms with Crippen molar-refractivity contribution in [2.45, 2.75) is 39.7 Å². The van der Waals surface area contributed by atoms with Crippen LogP contribution in [0.1, 0.15) is 32.0 Å². The van der Waals surface area contributed by atoms with Gasteiger partial charge in [-0.2, -0.15) is 0 Å². The summed E-state index contributed by atoms with van der Waals surface area (Å²) in [7, 11) is 0. The number of aliphatic hydroxyl groups excluding tert-OH is 1. The predicted molar refractivity (Wildman–Crippen MR) is 70.2 cm³/mol. The van der Waals surface area contributed by atoms with Crippen LogP contribution in [0.15, 0.2) is 4.79 Å². The van der Waals surface area contributed by atoms with Gasteiger partial charge in [-0.3, -0.25) is 15.1 Å². The fourth-order valence-corrected chi connectivity index (χ4v) is 1.48. The molecule has 0 saturated carbocycles. The van der Waals surface area contributed by atoms with Gasteiger partial charge in [0.1, 0.15) is 5.60 Å². The second-order valence-corrected chi connectivity index (χ2v) is 5.08. The van der Waals surface area contributed by atoms with Gasteiger partial charge in [-0.1, -0.05) is 0 Å². The highest BCUT2D eigenvalue weighted by molar-refractivity contribution is 5.82. The zero-order valence-electron chi connectivity index (χ0n) is 11.5. The third-order valence-electron chi connectivity index (χ3n) is 2.20. The fraction of sp³-hybridized carbons (Fsp3) is 0.583. The molecule has 3 N–H and O–H groups in total. The SMILES string of the molecule is Cc1nc(NC(=O)OC(C)(C)C)[nH]c(=O)c1CCO. The van der Waals surface area contributed by atoms with Crippen molar-refractivity contribution < 1.29 is 14.6 Å². The number of hydrogen-bond acceptors (Lipinski definition) is 5. The van der Waals surface area contributed by atoms with Crippen LogP contribution in [0.25, 0.3) is 0 Å². The summed E-state index contributed by atoms with van der Waals surface area (Å²) in [6.07, 6.45) is -0.467. The Morgan fingerprint density at radius 1 is 1.47 bits per heavy atom. The van der Waals surface area contributed by atoms with Crippen molar-refractivity contribution in [1.29, 1.82) is 0 Å². The lowest BCUT2D eigenvalue weighted by Gasteiger charge is -2.19. The molecule has 0 fully saturated rings. The van der Waals surface area contributed by atoms with Gasteiger partial charge in [-0.15, -0.1) is 0 Å². The van der Waals surface area contributed by atoms with Crippen molar-refractivity contribution in [1.82, 2.24) is 9.97 Å². The molecule has 1 aromatic rings. The number of ether oxygens (including phenoxy) is 1. The molecule has 0 atom stereocenters. The van der Waals surface area contributed by atoms with Gasteiger partial charge in [0.2, 0.25) is 5.95 Å². The van der Waals surface area contributed by atoms with Gasteiger partial charge >= 0.3 is 6.09 Å². The summed E-state index contributed by atoms with van der Waals surface area (Å²) >= 11 is 0. The molecule has 1 aromatic heterocycles. The Bertz CT molecular complexity index is 517. The van der Waals surface area contributed by atoms with Crippen molar-refractivity contribution in [3.63, 3.8) is 0 Å². The first-order chi connectivity index (χ1) is 8.73. The number of hydrogen-bond donors (Lipinski definition) is 3. The molecule has 106 valence electrons. The van der Waals surface area contributed by atoms with Crippen molar-refractivity contribution in [3.8, 4) is 0 Å². The Labute approximate surface area is 111 Å². The number of aryl methyl sites for hydroxylation is 1. The smallest absolute Gasteiger partial charge is 0.414 e. The number of nitrogens with one attached hydrogen (secondary N) is 2. The molecule has 0 spiro atoms. The summed E-state index contributed by atoms with van der Waals surface area (Å²) in [4.78, 5) is 29.7. The zero-order chi connectivity index (χ0) is 14.6. The Hall–Kier alpha value is -1.89. The largest absolute Gasteiger partial charge is 0.444 e. The Balaban J connectivity index is 2.87. The molecule has 1 heterocycles. The summed E-state index contributed by atoms with van der Waals surface area (Å²) in [5, 5.41) is 11.2. The van der Waals surface area contributed by atoms with E-state index in [1.807, 2.05) is 0 Å². The third-order valence-corrected chi connectivity index (χ3v) is 2.20. The molecule has 1 amide bonds. The van der Waals surface area contributed by atoms with E-state index in [9.17, 15) is 9.59 Å². The minimum atomic E-state index is -0.690. The molecule has 0 aromatic carbocycles. The predicted octanol–water partition coefficient (Wildman–Crippen LogP) is 0.960. The van der Waals surface area contributed by atoms with Crippen molar-refractivity contribution in [3.05, 3.63) is 21.6 Å². The number of aromatic nitrogens is 2. The maximum atomic E-state index is 11.7. The van der Waals surface area contributed by atoms with Gasteiger partial charge < -0.3 is 9.84 Å². The van der Waals surface area contributed by atoms with Crippen LogP contribution in [0.5, 0.6) is 0 Å². The molecule has 0 aliphatic carbocycles. The van der Waals surface area contributed by atoms with E-state index in [0.29, 0.717) is 11.3 Å². The molecule has 1 rings (SSSR count). The van der Waals surface area contributed by atoms with Gasteiger partial charge in [-0.05, 0) is 27.7 Å². The summed E-state index contributed by atoms with van der Waals surface area (Å²) in [5.74, 6) is 0.0263. The Morgan fingerprint density at radius 2 is 2.11 bits per heavy atom. The first-order valence-corrected chi connectivity index (χ1v) is 5.93. The van der Waals surface area contributed by atoms with Gasteiger partial charge in [0.05, 0.1) is 5.69 Å². The molecule has 19 heavy (non-hydrogen) atoms. The molecule has 0 aliphatic rings. The minimum absolute atomic E-state index is 0.0263. The number of nitrogens with zero attached hydrogens (tertiary/aromatic N) is 1. The van der Waals surface area contributed by atoms with Gasteiger partial charge in [-0.25, -0.2) is 9.78 Å². The van der Waals surface area contributed by atoms with Gasteiger partial charge in [0, 0.05) is 18.6 Å². The standard InChI is InChI=1S/C12H19N3O4/c1-7-8(5-6-16)9(17)14-10(13-7)15-11(18)19-12(2,3)4/h16H,5-6H2,1-4H3,(H2,13,14,15,17,18). The number of aromatic amines is 1. The number of H-pyrrole nitrogens is 1. The quantitative estimate of drug-likeness (QED) is 0.758. The summed E-state index contributed by atoms with van der Waals surface area (Å²) < 4.78 is 5.05. The average molecular weight is 269 g/mol. The van der Waals surface area contributed by atoms with Crippen molar-refractivity contribution in [2.75, 3.05) is 11.9 Å². The lowest BCUT2D eigenvalue weighted by molar-refractivity contribution is 0.0634. The van der Waals surface area contributed by atoms with Crippen molar-refractivity contribution >= 4 is 12.0 Å². The number of carbonyl (C=O) groups is 1. The zero-order valence-corrected chi connectivity index (χ0v) is 11.5. The minimum Gasteiger partial charge on any atom is -0.444 e. The Morgan fingerprint density at radius 3 is 2.58 bits per heavy atom. The van der Waals surface area contributed by atoms with E-state index in [0.717, 1.165) is 0 Å². The second-order valence-electron chi connectivity index (χ2n) is 5.08. The Kier molecular flexibility index (Phi) is 4.66. The maximum absolute atomic E-state index is 11.7. The highest BCUT2D eigenvalue weighted by Gasteiger charge is 2.17. The normalized spacial score (nSPS) is 11.2. The van der Waals surface area contributed by atoms with E-state index in [4.69, 9.17) is 9.84 Å². The van der Waals surface area contributed by atoms with E-state index >= 15 is 0 Å². The number of amides is 1. The number of aliphatic hydroxyl groups is 1. The van der Waals surface area contributed by atoms with Crippen LogP contribution in [0.2, 0.25) is 0 Å². The van der Waals surface area contributed by atoms with Crippen LogP contribution in [-0.2, 0) is 11.2 Å². The summed E-state index contributed by atoms with van der Waals surface area (Å²) in [6.45, 7) is 6.71. The molecular weight excluding hydrogens is 250 g/mol. The van der Waals surface area contributed by atoms with Crippen LogP contribution >= 0.6 is 0 Å². The summed E-state index contributed by atoms with van der Waals surface area (Å²) in [5.41, 5.74) is -0.148. The molecule has 0 saturated heterocycles. The van der Waals surface area contributed by atoms with Crippen molar-refractivity contribution in [2.24, 2.45) is 0 Å². The number of carbonyl (C=O) groups excluding carboxylic acids is 1. The van der Waals surface area contributed by atoms with E-state index in [1.165, 1.54) is 0 Å². The van der Waals surface area contributed by atoms with Crippen LogP contribution in [0.3, 0.4) is 0 Å². The van der Waals surface area contributed by atoms with Crippen LogP contribution < -0.4 is 10.9 Å². The molecule has 0 radical (unpaired) electrons. The molecule has 7 heteroatoms. The van der Waals surface area contributed by atoms with Crippen LogP contribution in [-0.4, -0.2) is 33.4 Å². The van der Waals surface area contributed by atoms with E-state index in [-0.39, 0.29) is 24.5 Å².